The van der Waals surface area contributed by atoms with Gasteiger partial charge in [0.25, 0.3) is 0 Å². The molecular weight excluding hydrogens is 260 g/mol. The van der Waals surface area contributed by atoms with Gasteiger partial charge in [0, 0.05) is 6.04 Å². The number of hydrogen-bond donors (Lipinski definition) is 1. The van der Waals surface area contributed by atoms with E-state index in [-0.39, 0.29) is 11.5 Å². The van der Waals surface area contributed by atoms with Gasteiger partial charge in [0.05, 0.1) is 11.1 Å². The van der Waals surface area contributed by atoms with Crippen molar-refractivity contribution in [2.45, 2.75) is 26.8 Å². The number of aryl methyl sites for hydroxylation is 1. The highest BCUT2D eigenvalue weighted by Crippen LogP contribution is 2.16. The summed E-state index contributed by atoms with van der Waals surface area (Å²) in [7, 11) is 0. The van der Waals surface area contributed by atoms with Crippen molar-refractivity contribution >= 4 is 27.0 Å². The van der Waals surface area contributed by atoms with E-state index in [2.05, 4.69) is 31.2 Å². The molecule has 0 fully saturated rings. The molecule has 0 aliphatic rings. The Labute approximate surface area is 94.6 Å². The lowest BCUT2D eigenvalue weighted by molar-refractivity contribution is 0.540. The summed E-state index contributed by atoms with van der Waals surface area (Å²) in [4.78, 5) is 11.8. The molecule has 2 rings (SSSR count). The first-order valence-electron chi connectivity index (χ1n) is 4.65. The molecular formula is C9H11BrN4O. The summed E-state index contributed by atoms with van der Waals surface area (Å²) < 4.78 is 2.06. The van der Waals surface area contributed by atoms with Gasteiger partial charge < -0.3 is 0 Å². The average Bonchev–Trinajstić information content (AvgIpc) is 2.50. The largest absolute Gasteiger partial charge is 0.286 e. The molecule has 2 aromatic rings. The number of nitrogens with one attached hydrogen (secondary N) is 1. The number of aromatic amines is 1. The van der Waals surface area contributed by atoms with Gasteiger partial charge in [-0.15, -0.1) is 0 Å². The Hall–Kier alpha value is -1.17. The standard InChI is InChI=1S/C9H11BrN4O/c1-4(2)14-9-6(5(3)13-14)7(15)8(10)11-12-9/h4H,1-3H3,(H,12,15). The van der Waals surface area contributed by atoms with Crippen LogP contribution in [0.2, 0.25) is 0 Å². The van der Waals surface area contributed by atoms with E-state index in [1.54, 1.807) is 4.68 Å². The van der Waals surface area contributed by atoms with E-state index in [1.807, 2.05) is 20.8 Å². The van der Waals surface area contributed by atoms with Crippen LogP contribution >= 0.6 is 15.9 Å². The van der Waals surface area contributed by atoms with Crippen LogP contribution in [0.1, 0.15) is 25.6 Å². The highest BCUT2D eigenvalue weighted by molar-refractivity contribution is 9.10. The van der Waals surface area contributed by atoms with E-state index in [4.69, 9.17) is 0 Å². The predicted molar refractivity (Wildman–Crippen MR) is 61.0 cm³/mol. The Bertz CT molecular complexity index is 569. The molecule has 0 spiro atoms. The van der Waals surface area contributed by atoms with Crippen molar-refractivity contribution in [3.05, 3.63) is 20.5 Å². The smallest absolute Gasteiger partial charge is 0.225 e. The van der Waals surface area contributed by atoms with Crippen LogP contribution < -0.4 is 5.43 Å². The summed E-state index contributed by atoms with van der Waals surface area (Å²) in [5.41, 5.74) is 1.28. The van der Waals surface area contributed by atoms with Crippen LogP contribution in [0.15, 0.2) is 9.40 Å². The van der Waals surface area contributed by atoms with Gasteiger partial charge in [0.1, 0.15) is 0 Å². The van der Waals surface area contributed by atoms with E-state index in [1.165, 1.54) is 0 Å². The van der Waals surface area contributed by atoms with E-state index in [0.29, 0.717) is 15.6 Å². The Kier molecular flexibility index (Phi) is 2.38. The maximum Gasteiger partial charge on any atom is 0.225 e. The van der Waals surface area contributed by atoms with Crippen LogP contribution in [0, 0.1) is 6.92 Å². The number of nitrogens with zero attached hydrogens (tertiary/aromatic N) is 3. The summed E-state index contributed by atoms with van der Waals surface area (Å²) in [6, 6.07) is 0.194. The van der Waals surface area contributed by atoms with Gasteiger partial charge in [-0.25, -0.2) is 4.68 Å². The fourth-order valence-electron chi connectivity index (χ4n) is 1.56. The minimum atomic E-state index is -0.117. The molecule has 2 aromatic heterocycles. The Balaban J connectivity index is 2.93. The molecule has 0 aliphatic carbocycles. The molecule has 0 saturated heterocycles. The Morgan fingerprint density at radius 3 is 2.73 bits per heavy atom. The van der Waals surface area contributed by atoms with Crippen molar-refractivity contribution < 1.29 is 0 Å². The Morgan fingerprint density at radius 2 is 2.13 bits per heavy atom. The van der Waals surface area contributed by atoms with Gasteiger partial charge in [-0.2, -0.15) is 10.2 Å². The van der Waals surface area contributed by atoms with Gasteiger partial charge in [-0.05, 0) is 36.7 Å². The lowest BCUT2D eigenvalue weighted by Crippen LogP contribution is -2.09. The number of halogens is 1. The number of rotatable bonds is 1. The minimum absolute atomic E-state index is 0.117. The summed E-state index contributed by atoms with van der Waals surface area (Å²) >= 11 is 3.10. The van der Waals surface area contributed by atoms with Crippen LogP contribution in [0.5, 0.6) is 0 Å². The van der Waals surface area contributed by atoms with Crippen LogP contribution in [0.25, 0.3) is 11.0 Å². The van der Waals surface area contributed by atoms with E-state index in [0.717, 1.165) is 5.69 Å². The number of fused-ring (bicyclic) bond motifs is 1. The molecule has 0 atom stereocenters. The van der Waals surface area contributed by atoms with E-state index >= 15 is 0 Å². The average molecular weight is 271 g/mol. The molecule has 80 valence electrons. The van der Waals surface area contributed by atoms with Gasteiger partial charge in [0.15, 0.2) is 10.3 Å². The fraction of sp³-hybridized carbons (Fsp3) is 0.444. The number of H-pyrrole nitrogens is 1. The van der Waals surface area contributed by atoms with Crippen molar-refractivity contribution in [2.24, 2.45) is 0 Å². The third-order valence-corrected chi connectivity index (χ3v) is 2.79. The second kappa shape index (κ2) is 3.44. The maximum absolute atomic E-state index is 11.8. The zero-order valence-electron chi connectivity index (χ0n) is 8.71. The molecule has 0 saturated carbocycles. The van der Waals surface area contributed by atoms with Crippen LogP contribution in [0.3, 0.4) is 0 Å². The third-order valence-electron chi connectivity index (χ3n) is 2.25. The molecule has 0 amide bonds. The van der Waals surface area contributed by atoms with Gasteiger partial charge in [-0.3, -0.25) is 9.89 Å². The molecule has 2 heterocycles. The molecule has 6 heteroatoms. The summed E-state index contributed by atoms with van der Waals surface area (Å²) in [6.45, 7) is 5.83. The van der Waals surface area contributed by atoms with Crippen molar-refractivity contribution in [3.8, 4) is 0 Å². The lowest BCUT2D eigenvalue weighted by Gasteiger charge is -2.05. The maximum atomic E-state index is 11.8. The zero-order valence-corrected chi connectivity index (χ0v) is 10.3. The molecule has 5 nitrogen and oxygen atoms in total. The second-order valence-electron chi connectivity index (χ2n) is 3.69. The third kappa shape index (κ3) is 1.49. The molecule has 0 bridgehead atoms. The fourth-order valence-corrected chi connectivity index (χ4v) is 1.84. The summed E-state index contributed by atoms with van der Waals surface area (Å²) in [5, 5.41) is 11.6. The quantitative estimate of drug-likeness (QED) is 0.859. The van der Waals surface area contributed by atoms with Crippen molar-refractivity contribution in [2.75, 3.05) is 0 Å². The highest BCUT2D eigenvalue weighted by atomic mass is 79.9. The molecule has 15 heavy (non-hydrogen) atoms. The zero-order chi connectivity index (χ0) is 11.2. The van der Waals surface area contributed by atoms with Crippen molar-refractivity contribution in [3.63, 3.8) is 0 Å². The molecule has 0 aliphatic heterocycles. The summed E-state index contributed by atoms with van der Waals surface area (Å²) in [5.74, 6) is 0. The first-order chi connectivity index (χ1) is 7.02. The van der Waals surface area contributed by atoms with Crippen LogP contribution in [-0.2, 0) is 0 Å². The second-order valence-corrected chi connectivity index (χ2v) is 4.44. The van der Waals surface area contributed by atoms with E-state index < -0.39 is 0 Å². The number of aromatic nitrogens is 4. The van der Waals surface area contributed by atoms with Crippen molar-refractivity contribution in [1.29, 1.82) is 0 Å². The molecule has 0 unspecified atom stereocenters. The highest BCUT2D eigenvalue weighted by Gasteiger charge is 2.15. The number of hydrogen-bond acceptors (Lipinski definition) is 3. The van der Waals surface area contributed by atoms with Gasteiger partial charge >= 0.3 is 0 Å². The first kappa shape index (κ1) is 10.4. The molecule has 0 aromatic carbocycles. The van der Waals surface area contributed by atoms with Gasteiger partial charge in [-0.1, -0.05) is 0 Å². The first-order valence-corrected chi connectivity index (χ1v) is 5.44. The van der Waals surface area contributed by atoms with Gasteiger partial charge in [0.2, 0.25) is 5.43 Å². The van der Waals surface area contributed by atoms with Crippen molar-refractivity contribution in [1.82, 2.24) is 20.0 Å². The summed E-state index contributed by atoms with van der Waals surface area (Å²) in [6.07, 6.45) is 0. The van der Waals surface area contributed by atoms with Crippen LogP contribution in [-0.4, -0.2) is 20.0 Å². The normalized spacial score (nSPS) is 11.5. The van der Waals surface area contributed by atoms with Crippen LogP contribution in [0.4, 0.5) is 0 Å². The topological polar surface area (TPSA) is 63.6 Å². The lowest BCUT2D eigenvalue weighted by atomic mass is 10.3. The minimum Gasteiger partial charge on any atom is -0.286 e. The Morgan fingerprint density at radius 1 is 1.47 bits per heavy atom. The predicted octanol–water partition coefficient (Wildman–Crippen LogP) is 1.77. The molecule has 1 N–H and O–H groups in total. The monoisotopic (exact) mass is 270 g/mol. The SMILES string of the molecule is Cc1nn(C(C)C)c2[nH]nc(Br)c(=O)c12. The van der Waals surface area contributed by atoms with E-state index in [9.17, 15) is 4.79 Å². The molecule has 0 radical (unpaired) electrons.